The van der Waals surface area contributed by atoms with Crippen molar-refractivity contribution in [1.82, 2.24) is 5.32 Å². The van der Waals surface area contributed by atoms with Gasteiger partial charge in [-0.15, -0.1) is 0 Å². The van der Waals surface area contributed by atoms with Gasteiger partial charge in [-0.05, 0) is 13.0 Å². The van der Waals surface area contributed by atoms with E-state index in [1.54, 1.807) is 0 Å². The predicted octanol–water partition coefficient (Wildman–Crippen LogP) is 1.61. The first-order valence-corrected chi connectivity index (χ1v) is 6.10. The van der Waals surface area contributed by atoms with Gasteiger partial charge in [0, 0.05) is 12.6 Å². The van der Waals surface area contributed by atoms with Gasteiger partial charge in [-0.2, -0.15) is 4.39 Å². The van der Waals surface area contributed by atoms with Crippen LogP contribution >= 0.6 is 0 Å². The standard InChI is InChI=1S/C12H16F2N2O4/c1-2-3-15-6-8(17)7-20-12-5-9(13)11(16(18)19)4-10(12)14/h4-5,8,15,17H,2-3,6-7H2,1H3. The summed E-state index contributed by atoms with van der Waals surface area (Å²) in [6.45, 7) is 2.69. The molecule has 0 bridgehead atoms. The van der Waals surface area contributed by atoms with Crippen molar-refractivity contribution in [3.8, 4) is 5.75 Å². The van der Waals surface area contributed by atoms with Gasteiger partial charge in [0.2, 0.25) is 5.82 Å². The Kier molecular flexibility index (Phi) is 6.26. The van der Waals surface area contributed by atoms with E-state index < -0.39 is 34.1 Å². The van der Waals surface area contributed by atoms with Crippen LogP contribution in [0.5, 0.6) is 5.75 Å². The highest BCUT2D eigenvalue weighted by molar-refractivity contribution is 5.39. The van der Waals surface area contributed by atoms with Gasteiger partial charge in [-0.1, -0.05) is 6.92 Å². The van der Waals surface area contributed by atoms with Crippen molar-refractivity contribution in [1.29, 1.82) is 0 Å². The van der Waals surface area contributed by atoms with Crippen LogP contribution in [0.15, 0.2) is 12.1 Å². The fourth-order valence-corrected chi connectivity index (χ4v) is 1.46. The van der Waals surface area contributed by atoms with Crippen molar-refractivity contribution in [3.63, 3.8) is 0 Å². The number of nitro benzene ring substituents is 1. The van der Waals surface area contributed by atoms with Crippen molar-refractivity contribution in [3.05, 3.63) is 33.9 Å². The molecule has 1 aromatic rings. The Bertz CT molecular complexity index is 471. The Hall–Kier alpha value is -1.80. The zero-order valence-electron chi connectivity index (χ0n) is 10.9. The van der Waals surface area contributed by atoms with E-state index in [0.717, 1.165) is 13.0 Å². The third-order valence-corrected chi connectivity index (χ3v) is 2.44. The lowest BCUT2D eigenvalue weighted by molar-refractivity contribution is -0.387. The summed E-state index contributed by atoms with van der Waals surface area (Å²) in [5, 5.41) is 22.9. The first-order valence-electron chi connectivity index (χ1n) is 6.10. The van der Waals surface area contributed by atoms with Crippen LogP contribution in [-0.4, -0.2) is 35.8 Å². The Morgan fingerprint density at radius 3 is 2.75 bits per heavy atom. The number of aliphatic hydroxyl groups is 1. The predicted molar refractivity (Wildman–Crippen MR) is 67.7 cm³/mol. The average molecular weight is 290 g/mol. The fraction of sp³-hybridized carbons (Fsp3) is 0.500. The quantitative estimate of drug-likeness (QED) is 0.431. The minimum atomic E-state index is -1.19. The lowest BCUT2D eigenvalue weighted by Crippen LogP contribution is -2.31. The van der Waals surface area contributed by atoms with E-state index in [-0.39, 0.29) is 13.2 Å². The second kappa shape index (κ2) is 7.71. The number of hydrogen-bond acceptors (Lipinski definition) is 5. The van der Waals surface area contributed by atoms with Gasteiger partial charge >= 0.3 is 5.69 Å². The molecule has 0 saturated carbocycles. The highest BCUT2D eigenvalue weighted by Crippen LogP contribution is 2.26. The maximum absolute atomic E-state index is 13.5. The number of ether oxygens (including phenoxy) is 1. The van der Waals surface area contributed by atoms with Gasteiger partial charge in [0.05, 0.1) is 11.0 Å². The van der Waals surface area contributed by atoms with Crippen LogP contribution in [-0.2, 0) is 0 Å². The molecule has 0 amide bonds. The molecule has 2 N–H and O–H groups in total. The summed E-state index contributed by atoms with van der Waals surface area (Å²) < 4.78 is 31.7. The molecule has 8 heteroatoms. The fourth-order valence-electron chi connectivity index (χ4n) is 1.46. The summed E-state index contributed by atoms with van der Waals surface area (Å²) >= 11 is 0. The highest BCUT2D eigenvalue weighted by Gasteiger charge is 2.19. The molecule has 1 rings (SSSR count). The van der Waals surface area contributed by atoms with E-state index in [0.29, 0.717) is 12.1 Å². The Balaban J connectivity index is 2.60. The van der Waals surface area contributed by atoms with Crippen molar-refractivity contribution in [2.45, 2.75) is 19.4 Å². The van der Waals surface area contributed by atoms with Crippen LogP contribution < -0.4 is 10.1 Å². The molecule has 0 aliphatic rings. The second-order valence-electron chi connectivity index (χ2n) is 4.16. The summed E-state index contributed by atoms with van der Waals surface area (Å²) in [4.78, 5) is 9.39. The summed E-state index contributed by atoms with van der Waals surface area (Å²) in [5.41, 5.74) is -0.958. The first kappa shape index (κ1) is 16.3. The second-order valence-corrected chi connectivity index (χ2v) is 4.16. The van der Waals surface area contributed by atoms with Crippen LogP contribution in [0.2, 0.25) is 0 Å². The molecule has 0 spiro atoms. The Morgan fingerprint density at radius 2 is 2.15 bits per heavy atom. The van der Waals surface area contributed by atoms with Crippen LogP contribution in [0.4, 0.5) is 14.5 Å². The summed E-state index contributed by atoms with van der Waals surface area (Å²) in [5.74, 6) is -2.71. The van der Waals surface area contributed by atoms with Crippen molar-refractivity contribution in [2.75, 3.05) is 19.7 Å². The van der Waals surface area contributed by atoms with E-state index >= 15 is 0 Å². The molecule has 0 saturated heterocycles. The van der Waals surface area contributed by atoms with Gasteiger partial charge in [0.15, 0.2) is 11.6 Å². The molecule has 0 aliphatic carbocycles. The monoisotopic (exact) mass is 290 g/mol. The van der Waals surface area contributed by atoms with Crippen LogP contribution in [0, 0.1) is 21.7 Å². The van der Waals surface area contributed by atoms with Crippen LogP contribution in [0.1, 0.15) is 13.3 Å². The van der Waals surface area contributed by atoms with E-state index in [9.17, 15) is 24.0 Å². The molecule has 20 heavy (non-hydrogen) atoms. The third-order valence-electron chi connectivity index (χ3n) is 2.44. The summed E-state index contributed by atoms with van der Waals surface area (Å²) in [6, 6.07) is 1.05. The van der Waals surface area contributed by atoms with Gasteiger partial charge in [0.25, 0.3) is 0 Å². The van der Waals surface area contributed by atoms with Gasteiger partial charge in [-0.25, -0.2) is 4.39 Å². The topological polar surface area (TPSA) is 84.6 Å². The largest absolute Gasteiger partial charge is 0.488 e. The molecule has 0 aliphatic heterocycles. The van der Waals surface area contributed by atoms with Crippen molar-refractivity contribution >= 4 is 5.69 Å². The van der Waals surface area contributed by atoms with E-state index in [1.807, 2.05) is 6.92 Å². The average Bonchev–Trinajstić information content (AvgIpc) is 2.39. The van der Waals surface area contributed by atoms with Gasteiger partial charge < -0.3 is 15.2 Å². The maximum Gasteiger partial charge on any atom is 0.307 e. The molecular weight excluding hydrogens is 274 g/mol. The minimum absolute atomic E-state index is 0.245. The molecule has 0 aromatic heterocycles. The molecule has 0 heterocycles. The number of benzene rings is 1. The molecular formula is C12H16F2N2O4. The van der Waals surface area contributed by atoms with Crippen LogP contribution in [0.25, 0.3) is 0 Å². The number of hydrogen-bond donors (Lipinski definition) is 2. The molecule has 1 atom stereocenters. The molecule has 6 nitrogen and oxygen atoms in total. The maximum atomic E-state index is 13.5. The Labute approximate surface area is 114 Å². The van der Waals surface area contributed by atoms with E-state index in [2.05, 4.69) is 5.32 Å². The normalized spacial score (nSPS) is 12.2. The number of rotatable bonds is 8. The number of halogens is 2. The summed E-state index contributed by atoms with van der Waals surface area (Å²) in [7, 11) is 0. The lowest BCUT2D eigenvalue weighted by Gasteiger charge is -2.13. The zero-order valence-corrected chi connectivity index (χ0v) is 10.9. The van der Waals surface area contributed by atoms with Crippen molar-refractivity contribution < 1.29 is 23.5 Å². The molecule has 1 unspecified atom stereocenters. The van der Waals surface area contributed by atoms with Gasteiger partial charge in [0.1, 0.15) is 12.7 Å². The zero-order chi connectivity index (χ0) is 15.1. The molecule has 0 fully saturated rings. The minimum Gasteiger partial charge on any atom is -0.488 e. The SMILES string of the molecule is CCCNCC(O)COc1cc(F)c([N+](=O)[O-])cc1F. The first-order chi connectivity index (χ1) is 9.45. The van der Waals surface area contributed by atoms with Crippen molar-refractivity contribution in [2.24, 2.45) is 0 Å². The number of nitro groups is 1. The molecule has 112 valence electrons. The smallest absolute Gasteiger partial charge is 0.307 e. The number of nitrogens with zero attached hydrogens (tertiary/aromatic N) is 1. The number of aliphatic hydroxyl groups excluding tert-OH is 1. The lowest BCUT2D eigenvalue weighted by atomic mass is 10.2. The van der Waals surface area contributed by atoms with E-state index in [4.69, 9.17) is 4.74 Å². The third kappa shape index (κ3) is 4.71. The Morgan fingerprint density at radius 1 is 1.45 bits per heavy atom. The molecule has 1 aromatic carbocycles. The highest BCUT2D eigenvalue weighted by atomic mass is 19.1. The van der Waals surface area contributed by atoms with Crippen LogP contribution in [0.3, 0.4) is 0 Å². The van der Waals surface area contributed by atoms with Gasteiger partial charge in [-0.3, -0.25) is 10.1 Å². The summed E-state index contributed by atoms with van der Waals surface area (Å²) in [6.07, 6.45) is 0.00895. The van der Waals surface area contributed by atoms with E-state index in [1.165, 1.54) is 0 Å². The molecule has 0 radical (unpaired) electrons. The number of nitrogens with one attached hydrogen (secondary N) is 1.